The van der Waals surface area contributed by atoms with E-state index in [1.54, 1.807) is 46.8 Å². The third kappa shape index (κ3) is 5.96. The van der Waals surface area contributed by atoms with Gasteiger partial charge >= 0.3 is 12.3 Å². The van der Waals surface area contributed by atoms with Gasteiger partial charge in [0.05, 0.1) is 17.4 Å². The number of halogens is 3. The SMILES string of the molecule is C[C@@H]1CN(C(=O)O)CCN1C(=O)c1cc2cc(Oc3ccc(N(C)C(=O)c4ccc(C(F)(F)F)cc4)cn3)ccc2n1C. The molecule has 10 nitrogen and oxygen atoms in total. The molecule has 2 aromatic carbocycles. The van der Waals surface area contributed by atoms with Crippen LogP contribution in [0.5, 0.6) is 11.6 Å². The summed E-state index contributed by atoms with van der Waals surface area (Å²) in [7, 11) is 3.28. The quantitative estimate of drug-likeness (QED) is 0.327. The average Bonchev–Trinajstić information content (AvgIpc) is 3.31. The molecule has 0 bridgehead atoms. The van der Waals surface area contributed by atoms with Crippen molar-refractivity contribution in [1.29, 1.82) is 0 Å². The van der Waals surface area contributed by atoms with E-state index in [1.807, 2.05) is 13.0 Å². The molecule has 1 fully saturated rings. The Morgan fingerprint density at radius 3 is 2.35 bits per heavy atom. The molecule has 43 heavy (non-hydrogen) atoms. The first-order chi connectivity index (χ1) is 20.3. The molecular formula is C30H28F3N5O5. The summed E-state index contributed by atoms with van der Waals surface area (Å²) in [6.07, 6.45) is -4.07. The van der Waals surface area contributed by atoms with Crippen LogP contribution < -0.4 is 9.64 Å². The number of carboxylic acid groups (broad SMARTS) is 1. The number of alkyl halides is 3. The second-order valence-electron chi connectivity index (χ2n) is 10.3. The monoisotopic (exact) mass is 595 g/mol. The van der Waals surface area contributed by atoms with Crippen LogP contribution in [-0.2, 0) is 13.2 Å². The van der Waals surface area contributed by atoms with E-state index in [0.29, 0.717) is 23.7 Å². The van der Waals surface area contributed by atoms with Crippen LogP contribution in [0.3, 0.4) is 0 Å². The minimum Gasteiger partial charge on any atom is -0.465 e. The third-order valence-corrected chi connectivity index (χ3v) is 7.49. The van der Waals surface area contributed by atoms with Crippen LogP contribution in [0.15, 0.2) is 66.9 Å². The molecule has 13 heteroatoms. The number of rotatable bonds is 5. The van der Waals surface area contributed by atoms with Gasteiger partial charge in [0.1, 0.15) is 11.4 Å². The number of hydrogen-bond donors (Lipinski definition) is 1. The Morgan fingerprint density at radius 1 is 1.02 bits per heavy atom. The van der Waals surface area contributed by atoms with Crippen LogP contribution in [-0.4, -0.2) is 75.1 Å². The largest absolute Gasteiger partial charge is 0.465 e. The van der Waals surface area contributed by atoms with Crippen molar-refractivity contribution in [3.8, 4) is 11.6 Å². The first kappa shape index (κ1) is 29.4. The highest BCUT2D eigenvalue weighted by molar-refractivity contribution is 6.05. The normalized spacial score (nSPS) is 15.4. The molecule has 5 rings (SSSR count). The molecule has 0 unspecified atom stereocenters. The van der Waals surface area contributed by atoms with Gasteiger partial charge in [0.25, 0.3) is 11.8 Å². The average molecular weight is 596 g/mol. The van der Waals surface area contributed by atoms with Gasteiger partial charge in [-0.05, 0) is 61.5 Å². The number of ether oxygens (including phenoxy) is 1. The number of nitrogens with zero attached hydrogens (tertiary/aromatic N) is 5. The highest BCUT2D eigenvalue weighted by Crippen LogP contribution is 2.30. The van der Waals surface area contributed by atoms with Crippen LogP contribution in [0.1, 0.15) is 33.3 Å². The molecule has 2 aromatic heterocycles. The molecule has 1 N–H and O–H groups in total. The Balaban J connectivity index is 1.27. The Hall–Kier alpha value is -5.07. The molecule has 0 spiro atoms. The second kappa shape index (κ2) is 11.3. The van der Waals surface area contributed by atoms with E-state index < -0.39 is 23.7 Å². The Morgan fingerprint density at radius 2 is 1.74 bits per heavy atom. The summed E-state index contributed by atoms with van der Waals surface area (Å²) in [6.45, 7) is 2.61. The lowest BCUT2D eigenvalue weighted by atomic mass is 10.1. The molecule has 1 saturated heterocycles. The van der Waals surface area contributed by atoms with Crippen LogP contribution in [0.25, 0.3) is 10.9 Å². The number of fused-ring (bicyclic) bond motifs is 1. The molecule has 3 amide bonds. The number of carbonyl (C=O) groups excluding carboxylic acids is 2. The first-order valence-electron chi connectivity index (χ1n) is 13.3. The summed E-state index contributed by atoms with van der Waals surface area (Å²) in [5, 5.41) is 10.0. The summed E-state index contributed by atoms with van der Waals surface area (Å²) >= 11 is 0. The van der Waals surface area contributed by atoms with Crippen LogP contribution in [0.4, 0.5) is 23.7 Å². The molecule has 0 radical (unpaired) electrons. The number of hydrogen-bond acceptors (Lipinski definition) is 5. The predicted molar refractivity (Wildman–Crippen MR) is 152 cm³/mol. The number of benzene rings is 2. The van der Waals surface area contributed by atoms with Crippen LogP contribution in [0, 0.1) is 0 Å². The fourth-order valence-corrected chi connectivity index (χ4v) is 5.04. The van der Waals surface area contributed by atoms with Crippen molar-refractivity contribution < 1.29 is 37.4 Å². The molecule has 0 aliphatic carbocycles. The van der Waals surface area contributed by atoms with Gasteiger partial charge < -0.3 is 29.1 Å². The number of piperazine rings is 1. The standard InChI is InChI=1S/C30H28F3N5O5/c1-18-17-37(29(41)42)12-13-38(18)28(40)25-15-20-14-23(9-10-24(20)36(25)3)43-26-11-8-22(16-34-26)35(2)27(39)19-4-6-21(7-5-19)30(31,32)33/h4-11,14-16,18H,12-13,17H2,1-3H3,(H,41,42)/t18-/m1/s1. The van der Waals surface area contributed by atoms with E-state index in [2.05, 4.69) is 4.98 Å². The number of carbonyl (C=O) groups is 3. The Kier molecular flexibility index (Phi) is 7.74. The second-order valence-corrected chi connectivity index (χ2v) is 10.3. The van der Waals surface area contributed by atoms with Crippen molar-refractivity contribution in [3.05, 3.63) is 83.7 Å². The van der Waals surface area contributed by atoms with Gasteiger partial charge in [0.2, 0.25) is 5.88 Å². The highest BCUT2D eigenvalue weighted by atomic mass is 19.4. The summed E-state index contributed by atoms with van der Waals surface area (Å²) in [4.78, 5) is 45.9. The summed E-state index contributed by atoms with van der Waals surface area (Å²) in [6, 6.07) is 14.0. The number of anilines is 1. The number of pyridine rings is 1. The maximum absolute atomic E-state index is 13.4. The fourth-order valence-electron chi connectivity index (χ4n) is 5.04. The molecule has 4 aromatic rings. The van der Waals surface area contributed by atoms with Crippen molar-refractivity contribution in [1.82, 2.24) is 19.4 Å². The minimum absolute atomic E-state index is 0.0989. The molecular weight excluding hydrogens is 567 g/mol. The molecule has 1 atom stereocenters. The number of aryl methyl sites for hydroxylation is 1. The summed E-state index contributed by atoms with van der Waals surface area (Å²) < 4.78 is 46.2. The van der Waals surface area contributed by atoms with Crippen molar-refractivity contribution in [2.24, 2.45) is 7.05 Å². The lowest BCUT2D eigenvalue weighted by Gasteiger charge is -2.38. The van der Waals surface area contributed by atoms with Crippen molar-refractivity contribution >= 4 is 34.5 Å². The molecule has 1 aliphatic rings. The van der Waals surface area contributed by atoms with E-state index in [9.17, 15) is 32.7 Å². The molecule has 1 aliphatic heterocycles. The van der Waals surface area contributed by atoms with E-state index in [0.717, 1.165) is 35.2 Å². The zero-order valence-corrected chi connectivity index (χ0v) is 23.5. The van der Waals surface area contributed by atoms with Crippen molar-refractivity contribution in [2.75, 3.05) is 31.6 Å². The lowest BCUT2D eigenvalue weighted by molar-refractivity contribution is -0.137. The fraction of sp³-hybridized carbons (Fsp3) is 0.267. The molecule has 224 valence electrons. The third-order valence-electron chi connectivity index (χ3n) is 7.49. The van der Waals surface area contributed by atoms with E-state index >= 15 is 0 Å². The Labute approximate surface area is 244 Å². The van der Waals surface area contributed by atoms with Gasteiger partial charge in [-0.15, -0.1) is 0 Å². The van der Waals surface area contributed by atoms with Crippen molar-refractivity contribution in [2.45, 2.75) is 19.1 Å². The highest BCUT2D eigenvalue weighted by Gasteiger charge is 2.32. The topological polar surface area (TPSA) is 108 Å². The zero-order chi connectivity index (χ0) is 31.1. The number of aromatic nitrogens is 2. The summed E-state index contributed by atoms with van der Waals surface area (Å²) in [5.41, 5.74) is 0.946. The van der Waals surface area contributed by atoms with E-state index in [-0.39, 0.29) is 36.5 Å². The Bertz CT molecular complexity index is 1690. The summed E-state index contributed by atoms with van der Waals surface area (Å²) in [5.74, 6) is 0.0268. The number of amides is 3. The zero-order valence-electron chi connectivity index (χ0n) is 23.5. The predicted octanol–water partition coefficient (Wildman–Crippen LogP) is 5.49. The van der Waals surface area contributed by atoms with Gasteiger partial charge in [-0.3, -0.25) is 9.59 Å². The van der Waals surface area contributed by atoms with Crippen molar-refractivity contribution in [3.63, 3.8) is 0 Å². The van der Waals surface area contributed by atoms with Crippen LogP contribution >= 0.6 is 0 Å². The van der Waals surface area contributed by atoms with Gasteiger partial charge in [0, 0.05) is 62.3 Å². The maximum atomic E-state index is 13.4. The van der Waals surface area contributed by atoms with Gasteiger partial charge in [0.15, 0.2) is 0 Å². The first-order valence-corrected chi connectivity index (χ1v) is 13.3. The van der Waals surface area contributed by atoms with E-state index in [4.69, 9.17) is 4.74 Å². The van der Waals surface area contributed by atoms with Crippen LogP contribution in [0.2, 0.25) is 0 Å². The smallest absolute Gasteiger partial charge is 0.416 e. The van der Waals surface area contributed by atoms with Gasteiger partial charge in [-0.1, -0.05) is 0 Å². The van der Waals surface area contributed by atoms with Gasteiger partial charge in [-0.2, -0.15) is 13.2 Å². The van der Waals surface area contributed by atoms with E-state index in [1.165, 1.54) is 23.0 Å². The van der Waals surface area contributed by atoms with Gasteiger partial charge in [-0.25, -0.2) is 9.78 Å². The molecule has 0 saturated carbocycles. The maximum Gasteiger partial charge on any atom is 0.416 e. The lowest BCUT2D eigenvalue weighted by Crippen LogP contribution is -2.55. The molecule has 3 heterocycles. The minimum atomic E-state index is -4.49.